The van der Waals surface area contributed by atoms with E-state index in [4.69, 9.17) is 0 Å². The third-order valence-electron chi connectivity index (χ3n) is 4.47. The lowest BCUT2D eigenvalue weighted by molar-refractivity contribution is -0.893. The van der Waals surface area contributed by atoms with Crippen LogP contribution in [0.1, 0.15) is 44.1 Å². The van der Waals surface area contributed by atoms with E-state index in [0.29, 0.717) is 18.2 Å². The van der Waals surface area contributed by atoms with Gasteiger partial charge in [0.05, 0.1) is 26.4 Å². The number of urea groups is 1. The highest BCUT2D eigenvalue weighted by atomic mass is 32.2. The Morgan fingerprint density at radius 3 is 2.52 bits per heavy atom. The second-order valence-corrected chi connectivity index (χ2v) is 7.99. The summed E-state index contributed by atoms with van der Waals surface area (Å²) in [7, 11) is 4.20. The quantitative estimate of drug-likeness (QED) is 0.504. The topological polar surface area (TPSA) is 93.3 Å². The minimum Gasteiger partial charge on any atom is -0.338 e. The van der Waals surface area contributed by atoms with Crippen molar-refractivity contribution in [3.8, 4) is 0 Å². The van der Waals surface area contributed by atoms with Crippen molar-refractivity contribution in [2.24, 2.45) is 0 Å². The van der Waals surface area contributed by atoms with Gasteiger partial charge in [0.25, 0.3) is 0 Å². The van der Waals surface area contributed by atoms with Crippen molar-refractivity contribution in [3.05, 3.63) is 41.7 Å². The standard InChI is InChI=1S/C20H30N6O2S/c1-5-12-21-19(28)22-17(27)14-29-20-24-23-18(16(6-2)25(3)4)26(20)13-15-10-8-7-9-11-15/h7-11,16H,5-6,12-14H2,1-4H3,(H2,21,22,27,28)/p+1/t16-/m0/s1. The van der Waals surface area contributed by atoms with Crippen LogP contribution in [0.15, 0.2) is 35.5 Å². The van der Waals surface area contributed by atoms with Gasteiger partial charge in [-0.25, -0.2) is 4.79 Å². The molecule has 2 aromatic rings. The summed E-state index contributed by atoms with van der Waals surface area (Å²) < 4.78 is 2.08. The number of amides is 3. The predicted molar refractivity (Wildman–Crippen MR) is 114 cm³/mol. The Bertz CT molecular complexity index is 794. The molecule has 1 aromatic heterocycles. The molecule has 0 spiro atoms. The van der Waals surface area contributed by atoms with Gasteiger partial charge in [0.15, 0.2) is 11.0 Å². The van der Waals surface area contributed by atoms with Crippen LogP contribution in [0.25, 0.3) is 0 Å². The molecule has 3 N–H and O–H groups in total. The first-order chi connectivity index (χ1) is 14.0. The second-order valence-electron chi connectivity index (χ2n) is 7.04. The Hall–Kier alpha value is -2.39. The summed E-state index contributed by atoms with van der Waals surface area (Å²) in [6.07, 6.45) is 1.74. The number of hydrogen-bond donors (Lipinski definition) is 3. The lowest BCUT2D eigenvalue weighted by Crippen LogP contribution is -3.06. The monoisotopic (exact) mass is 419 g/mol. The van der Waals surface area contributed by atoms with E-state index in [1.54, 1.807) is 0 Å². The Kier molecular flexibility index (Phi) is 9.14. The summed E-state index contributed by atoms with van der Waals surface area (Å²) in [6.45, 7) is 5.25. The van der Waals surface area contributed by atoms with Gasteiger partial charge in [-0.05, 0) is 12.0 Å². The Labute approximate surface area is 176 Å². The molecule has 0 fully saturated rings. The first-order valence-corrected chi connectivity index (χ1v) is 10.9. The van der Waals surface area contributed by atoms with Crippen molar-refractivity contribution in [1.29, 1.82) is 0 Å². The molecule has 29 heavy (non-hydrogen) atoms. The molecule has 0 radical (unpaired) electrons. The number of nitrogens with zero attached hydrogens (tertiary/aromatic N) is 3. The van der Waals surface area contributed by atoms with Crippen LogP contribution in [0.5, 0.6) is 0 Å². The van der Waals surface area contributed by atoms with E-state index < -0.39 is 6.03 Å². The molecule has 0 aliphatic heterocycles. The summed E-state index contributed by atoms with van der Waals surface area (Å²) in [4.78, 5) is 25.0. The third kappa shape index (κ3) is 6.86. The van der Waals surface area contributed by atoms with Gasteiger partial charge < -0.3 is 10.2 Å². The van der Waals surface area contributed by atoms with E-state index in [2.05, 4.69) is 58.5 Å². The zero-order chi connectivity index (χ0) is 21.2. The Morgan fingerprint density at radius 1 is 1.17 bits per heavy atom. The first kappa shape index (κ1) is 22.9. The highest BCUT2D eigenvalue weighted by molar-refractivity contribution is 7.99. The molecule has 1 heterocycles. The molecule has 8 nitrogen and oxygen atoms in total. The zero-order valence-electron chi connectivity index (χ0n) is 17.6. The summed E-state index contributed by atoms with van der Waals surface area (Å²) in [5, 5.41) is 14.4. The number of quaternary nitrogens is 1. The summed E-state index contributed by atoms with van der Waals surface area (Å²) in [6, 6.07) is 9.85. The van der Waals surface area contributed by atoms with Crippen LogP contribution in [-0.2, 0) is 11.3 Å². The number of nitrogens with one attached hydrogen (secondary N) is 3. The van der Waals surface area contributed by atoms with Gasteiger partial charge in [-0.15, -0.1) is 10.2 Å². The van der Waals surface area contributed by atoms with Crippen LogP contribution in [-0.4, -0.2) is 53.1 Å². The van der Waals surface area contributed by atoms with Gasteiger partial charge in [-0.2, -0.15) is 0 Å². The SMILES string of the molecule is CCCNC(=O)NC(=O)CSc1nnc([C@H](CC)[NH+](C)C)n1Cc1ccccc1. The fraction of sp³-hybridized carbons (Fsp3) is 0.500. The Morgan fingerprint density at radius 2 is 1.90 bits per heavy atom. The van der Waals surface area contributed by atoms with Crippen molar-refractivity contribution in [2.45, 2.75) is 44.4 Å². The lowest BCUT2D eigenvalue weighted by atomic mass is 10.2. The summed E-state index contributed by atoms with van der Waals surface area (Å²) in [5.74, 6) is 0.641. The van der Waals surface area contributed by atoms with Gasteiger partial charge in [-0.3, -0.25) is 14.7 Å². The van der Waals surface area contributed by atoms with Gasteiger partial charge in [0.2, 0.25) is 5.91 Å². The summed E-state index contributed by atoms with van der Waals surface area (Å²) in [5.41, 5.74) is 1.14. The maximum Gasteiger partial charge on any atom is 0.321 e. The van der Waals surface area contributed by atoms with Crippen molar-refractivity contribution in [1.82, 2.24) is 25.4 Å². The minimum absolute atomic E-state index is 0.0953. The molecule has 0 unspecified atom stereocenters. The first-order valence-electron chi connectivity index (χ1n) is 9.93. The van der Waals surface area contributed by atoms with Crippen LogP contribution < -0.4 is 15.5 Å². The van der Waals surface area contributed by atoms with Crippen LogP contribution in [0.2, 0.25) is 0 Å². The molecule has 0 saturated carbocycles. The van der Waals surface area contributed by atoms with Gasteiger partial charge >= 0.3 is 6.03 Å². The molecular formula is C20H31N6O2S+. The number of thioether (sulfide) groups is 1. The summed E-state index contributed by atoms with van der Waals surface area (Å²) >= 11 is 1.29. The average Bonchev–Trinajstić information content (AvgIpc) is 3.08. The third-order valence-corrected chi connectivity index (χ3v) is 5.43. The predicted octanol–water partition coefficient (Wildman–Crippen LogP) is 1.25. The van der Waals surface area contributed by atoms with E-state index >= 15 is 0 Å². The van der Waals surface area contributed by atoms with Gasteiger partial charge in [-0.1, -0.05) is 55.9 Å². The zero-order valence-corrected chi connectivity index (χ0v) is 18.4. The maximum absolute atomic E-state index is 12.1. The maximum atomic E-state index is 12.1. The molecule has 0 aliphatic rings. The fourth-order valence-electron chi connectivity index (χ4n) is 3.00. The number of carbonyl (C=O) groups is 2. The average molecular weight is 420 g/mol. The van der Waals surface area contributed by atoms with Gasteiger partial charge in [0, 0.05) is 13.0 Å². The largest absolute Gasteiger partial charge is 0.338 e. The van der Waals surface area contributed by atoms with Crippen LogP contribution >= 0.6 is 11.8 Å². The van der Waals surface area contributed by atoms with E-state index in [-0.39, 0.29) is 17.7 Å². The number of hydrogen-bond acceptors (Lipinski definition) is 5. The minimum atomic E-state index is -0.467. The Balaban J connectivity index is 2.15. The lowest BCUT2D eigenvalue weighted by Gasteiger charge is -2.20. The molecule has 1 atom stereocenters. The molecule has 3 amide bonds. The van der Waals surface area contributed by atoms with Gasteiger partial charge in [0.1, 0.15) is 6.04 Å². The molecule has 2 rings (SSSR count). The fourth-order valence-corrected chi connectivity index (χ4v) is 3.75. The van der Waals surface area contributed by atoms with E-state index in [9.17, 15) is 9.59 Å². The van der Waals surface area contributed by atoms with Crippen LogP contribution in [0.4, 0.5) is 4.79 Å². The van der Waals surface area contributed by atoms with E-state index in [1.807, 2.05) is 25.1 Å². The molecule has 158 valence electrons. The number of benzene rings is 1. The highest BCUT2D eigenvalue weighted by Crippen LogP contribution is 2.22. The molecular weight excluding hydrogens is 388 g/mol. The normalized spacial score (nSPS) is 12.0. The molecule has 0 bridgehead atoms. The van der Waals surface area contributed by atoms with Crippen molar-refractivity contribution in [2.75, 3.05) is 26.4 Å². The molecule has 0 aliphatic carbocycles. The van der Waals surface area contributed by atoms with Crippen molar-refractivity contribution < 1.29 is 14.5 Å². The van der Waals surface area contributed by atoms with E-state index in [0.717, 1.165) is 24.2 Å². The number of rotatable bonds is 10. The molecule has 9 heteroatoms. The number of aromatic nitrogens is 3. The van der Waals surface area contributed by atoms with E-state index in [1.165, 1.54) is 16.7 Å². The molecule has 1 aromatic carbocycles. The second kappa shape index (κ2) is 11.6. The highest BCUT2D eigenvalue weighted by Gasteiger charge is 2.25. The number of carbonyl (C=O) groups excluding carboxylic acids is 2. The smallest absolute Gasteiger partial charge is 0.321 e. The van der Waals surface area contributed by atoms with Crippen molar-refractivity contribution in [3.63, 3.8) is 0 Å². The molecule has 0 saturated heterocycles. The number of imide groups is 1. The van der Waals surface area contributed by atoms with Crippen LogP contribution in [0, 0.1) is 0 Å². The van der Waals surface area contributed by atoms with Crippen molar-refractivity contribution >= 4 is 23.7 Å². The van der Waals surface area contributed by atoms with Crippen LogP contribution in [0.3, 0.4) is 0 Å².